The maximum atomic E-state index is 13.1. The molecule has 2 aromatic carbocycles. The number of nitrogens with one attached hydrogen (secondary N) is 4. The Bertz CT molecular complexity index is 1010. The van der Waals surface area contributed by atoms with Crippen molar-refractivity contribution in [2.24, 2.45) is 5.92 Å². The van der Waals surface area contributed by atoms with Crippen LogP contribution >= 0.6 is 0 Å². The molecule has 0 radical (unpaired) electrons. The lowest BCUT2D eigenvalue weighted by molar-refractivity contribution is -0.126. The van der Waals surface area contributed by atoms with E-state index in [9.17, 15) is 18.8 Å². The van der Waals surface area contributed by atoms with E-state index in [0.717, 1.165) is 5.56 Å². The molecule has 174 valence electrons. The molecule has 1 aliphatic heterocycles. The fraction of sp³-hybridized carbons (Fsp3) is 0.292. The number of benzene rings is 2. The van der Waals surface area contributed by atoms with Crippen LogP contribution in [0.2, 0.25) is 0 Å². The molecule has 1 unspecified atom stereocenters. The van der Waals surface area contributed by atoms with Crippen LogP contribution in [0.25, 0.3) is 0 Å². The van der Waals surface area contributed by atoms with Crippen LogP contribution in [0, 0.1) is 11.7 Å². The summed E-state index contributed by atoms with van der Waals surface area (Å²) in [5.74, 6) is -1.32. The van der Waals surface area contributed by atoms with Crippen LogP contribution in [-0.2, 0) is 20.9 Å². The third kappa shape index (κ3) is 7.06. The van der Waals surface area contributed by atoms with Gasteiger partial charge in [-0.05, 0) is 35.6 Å². The highest BCUT2D eigenvalue weighted by Gasteiger charge is 2.27. The molecule has 0 aliphatic carbocycles. The SMILES string of the molecule is CC(C)C[C@H](NC(=O)OCc1ccccc1)C(=O)NC1=CNC(c2ccc(F)cc2)NC1=O. The van der Waals surface area contributed by atoms with E-state index in [2.05, 4.69) is 21.3 Å². The van der Waals surface area contributed by atoms with Crippen LogP contribution in [0.3, 0.4) is 0 Å². The van der Waals surface area contributed by atoms with Gasteiger partial charge in [0.25, 0.3) is 5.91 Å². The molecule has 33 heavy (non-hydrogen) atoms. The number of alkyl carbamates (subject to hydrolysis) is 1. The van der Waals surface area contributed by atoms with Crippen molar-refractivity contribution in [2.75, 3.05) is 0 Å². The summed E-state index contributed by atoms with van der Waals surface area (Å²) in [5.41, 5.74) is 1.49. The van der Waals surface area contributed by atoms with Gasteiger partial charge < -0.3 is 26.0 Å². The Morgan fingerprint density at radius 3 is 2.42 bits per heavy atom. The fourth-order valence-electron chi connectivity index (χ4n) is 3.24. The predicted molar refractivity (Wildman–Crippen MR) is 120 cm³/mol. The maximum Gasteiger partial charge on any atom is 0.408 e. The predicted octanol–water partition coefficient (Wildman–Crippen LogP) is 2.84. The van der Waals surface area contributed by atoms with E-state index in [1.54, 1.807) is 12.1 Å². The minimum atomic E-state index is -0.892. The lowest BCUT2D eigenvalue weighted by atomic mass is 10.0. The van der Waals surface area contributed by atoms with Gasteiger partial charge in [0.15, 0.2) is 0 Å². The number of hydrogen-bond donors (Lipinski definition) is 4. The molecule has 0 bridgehead atoms. The number of rotatable bonds is 8. The molecule has 4 N–H and O–H groups in total. The second-order valence-electron chi connectivity index (χ2n) is 8.06. The van der Waals surface area contributed by atoms with E-state index in [1.807, 2.05) is 44.2 Å². The molecule has 1 aliphatic rings. The van der Waals surface area contributed by atoms with E-state index in [4.69, 9.17) is 4.74 Å². The van der Waals surface area contributed by atoms with Crippen molar-refractivity contribution >= 4 is 17.9 Å². The van der Waals surface area contributed by atoms with E-state index in [0.29, 0.717) is 12.0 Å². The van der Waals surface area contributed by atoms with Crippen LogP contribution in [0.5, 0.6) is 0 Å². The number of hydrogen-bond acceptors (Lipinski definition) is 5. The summed E-state index contributed by atoms with van der Waals surface area (Å²) in [6, 6.07) is 14.0. The molecular formula is C24H27FN4O4. The first kappa shape index (κ1) is 23.8. The third-order valence-electron chi connectivity index (χ3n) is 4.90. The van der Waals surface area contributed by atoms with Gasteiger partial charge in [0.2, 0.25) is 5.91 Å². The Labute approximate surface area is 191 Å². The topological polar surface area (TPSA) is 109 Å². The quantitative estimate of drug-likeness (QED) is 0.491. The Balaban J connectivity index is 1.59. The van der Waals surface area contributed by atoms with Gasteiger partial charge in [-0.2, -0.15) is 0 Å². The molecule has 1 heterocycles. The smallest absolute Gasteiger partial charge is 0.408 e. The lowest BCUT2D eigenvalue weighted by Gasteiger charge is -2.27. The Morgan fingerprint density at radius 1 is 1.09 bits per heavy atom. The number of amides is 3. The highest BCUT2D eigenvalue weighted by Crippen LogP contribution is 2.15. The Kier molecular flexibility index (Phi) is 8.01. The molecule has 0 spiro atoms. The minimum absolute atomic E-state index is 0.00608. The lowest BCUT2D eigenvalue weighted by Crippen LogP contribution is -2.51. The van der Waals surface area contributed by atoms with Gasteiger partial charge in [0.05, 0.1) is 0 Å². The van der Waals surface area contributed by atoms with Gasteiger partial charge in [-0.15, -0.1) is 0 Å². The second-order valence-corrected chi connectivity index (χ2v) is 8.06. The highest BCUT2D eigenvalue weighted by atomic mass is 19.1. The summed E-state index contributed by atoms with van der Waals surface area (Å²) < 4.78 is 18.3. The van der Waals surface area contributed by atoms with Gasteiger partial charge in [-0.3, -0.25) is 9.59 Å². The zero-order valence-corrected chi connectivity index (χ0v) is 18.4. The van der Waals surface area contributed by atoms with Crippen molar-refractivity contribution in [1.29, 1.82) is 0 Å². The van der Waals surface area contributed by atoms with Crippen LogP contribution in [-0.4, -0.2) is 23.9 Å². The normalized spacial score (nSPS) is 16.2. The van der Waals surface area contributed by atoms with Gasteiger partial charge in [-0.1, -0.05) is 56.3 Å². The molecule has 0 fully saturated rings. The molecule has 3 amide bonds. The van der Waals surface area contributed by atoms with E-state index in [-0.39, 0.29) is 24.0 Å². The number of ether oxygens (including phenoxy) is 1. The molecule has 2 aromatic rings. The fourth-order valence-corrected chi connectivity index (χ4v) is 3.24. The van der Waals surface area contributed by atoms with E-state index < -0.39 is 30.1 Å². The number of halogens is 1. The molecule has 3 rings (SSSR count). The molecule has 0 saturated heterocycles. The number of carbonyl (C=O) groups excluding carboxylic acids is 3. The van der Waals surface area contributed by atoms with Crippen molar-refractivity contribution in [3.63, 3.8) is 0 Å². The van der Waals surface area contributed by atoms with Crippen molar-refractivity contribution in [3.05, 3.63) is 83.4 Å². The van der Waals surface area contributed by atoms with Crippen LogP contribution in [0.4, 0.5) is 9.18 Å². The second kappa shape index (κ2) is 11.1. The average Bonchev–Trinajstić information content (AvgIpc) is 2.79. The average molecular weight is 455 g/mol. The first-order chi connectivity index (χ1) is 15.8. The summed E-state index contributed by atoms with van der Waals surface area (Å²) in [5, 5.41) is 10.8. The van der Waals surface area contributed by atoms with Crippen molar-refractivity contribution in [3.8, 4) is 0 Å². The Hall–Kier alpha value is -3.88. The summed E-state index contributed by atoms with van der Waals surface area (Å²) in [4.78, 5) is 37.6. The van der Waals surface area contributed by atoms with Crippen molar-refractivity contribution < 1.29 is 23.5 Å². The zero-order valence-electron chi connectivity index (χ0n) is 18.4. The van der Waals surface area contributed by atoms with Gasteiger partial charge in [0.1, 0.15) is 30.3 Å². The monoisotopic (exact) mass is 454 g/mol. The first-order valence-electron chi connectivity index (χ1n) is 10.6. The zero-order chi connectivity index (χ0) is 23.8. The first-order valence-corrected chi connectivity index (χ1v) is 10.6. The van der Waals surface area contributed by atoms with Crippen LogP contribution in [0.15, 0.2) is 66.5 Å². The maximum absolute atomic E-state index is 13.1. The van der Waals surface area contributed by atoms with E-state index >= 15 is 0 Å². The summed E-state index contributed by atoms with van der Waals surface area (Å²) in [7, 11) is 0. The van der Waals surface area contributed by atoms with E-state index in [1.165, 1.54) is 18.3 Å². The summed E-state index contributed by atoms with van der Waals surface area (Å²) in [6.45, 7) is 3.91. The highest BCUT2D eigenvalue weighted by molar-refractivity contribution is 5.99. The molecule has 9 heteroatoms. The molecular weight excluding hydrogens is 427 g/mol. The molecule has 2 atom stereocenters. The van der Waals surface area contributed by atoms with Crippen molar-refractivity contribution in [2.45, 2.75) is 39.1 Å². The molecule has 8 nitrogen and oxygen atoms in total. The number of carbonyl (C=O) groups is 3. The Morgan fingerprint density at radius 2 is 1.79 bits per heavy atom. The minimum Gasteiger partial charge on any atom is -0.445 e. The van der Waals surface area contributed by atoms with Crippen LogP contribution < -0.4 is 21.3 Å². The largest absolute Gasteiger partial charge is 0.445 e. The third-order valence-corrected chi connectivity index (χ3v) is 4.90. The van der Waals surface area contributed by atoms with Crippen LogP contribution in [0.1, 0.15) is 37.6 Å². The van der Waals surface area contributed by atoms with Gasteiger partial charge >= 0.3 is 6.09 Å². The van der Waals surface area contributed by atoms with Gasteiger partial charge in [-0.25, -0.2) is 9.18 Å². The summed E-state index contributed by atoms with van der Waals surface area (Å²) >= 11 is 0. The van der Waals surface area contributed by atoms with Crippen molar-refractivity contribution in [1.82, 2.24) is 21.3 Å². The molecule has 0 aromatic heterocycles. The standard InChI is InChI=1S/C24H27FN4O4/c1-15(2)12-19(28-24(32)33-14-16-6-4-3-5-7-16)22(30)27-20-13-26-21(29-23(20)31)17-8-10-18(25)11-9-17/h3-11,13,15,19,21,26H,12,14H2,1-2H3,(H,27,30)(H,28,32)(H,29,31)/t19-,21?/m0/s1. The molecule has 0 saturated carbocycles. The van der Waals surface area contributed by atoms with Gasteiger partial charge in [0, 0.05) is 6.20 Å². The summed E-state index contributed by atoms with van der Waals surface area (Å²) in [6.07, 6.45) is 0.449.